The van der Waals surface area contributed by atoms with Crippen molar-refractivity contribution in [2.45, 2.75) is 25.5 Å². The van der Waals surface area contributed by atoms with Gasteiger partial charge in [-0.15, -0.1) is 0 Å². The van der Waals surface area contributed by atoms with Crippen LogP contribution in [0.25, 0.3) is 0 Å². The quantitative estimate of drug-likeness (QED) is 0.503. The Bertz CT molecular complexity index is 464. The lowest BCUT2D eigenvalue weighted by molar-refractivity contribution is -0.383. The normalized spacial score (nSPS) is 23.0. The number of rotatable bonds is 3. The number of anilines is 2. The maximum absolute atomic E-state index is 11.1. The first-order valence-corrected chi connectivity index (χ1v) is 5.89. The number of likely N-dealkylation sites (N-methyl/N-ethyl adjacent to an activating group) is 1. The number of hydrogen-bond acceptors (Lipinski definition) is 5. The first kappa shape index (κ1) is 12.6. The summed E-state index contributed by atoms with van der Waals surface area (Å²) in [6, 6.07) is 5.14. The van der Waals surface area contributed by atoms with Gasteiger partial charge < -0.3 is 15.4 Å². The molecular formula is C12H17N3O3. The molecule has 1 aliphatic rings. The van der Waals surface area contributed by atoms with Crippen molar-refractivity contribution in [3.05, 3.63) is 28.3 Å². The molecule has 0 saturated carbocycles. The fourth-order valence-electron chi connectivity index (χ4n) is 2.44. The third kappa shape index (κ3) is 2.11. The molecule has 0 aliphatic carbocycles. The number of hydrogen-bond donors (Lipinski definition) is 1. The van der Waals surface area contributed by atoms with E-state index in [0.29, 0.717) is 12.3 Å². The van der Waals surface area contributed by atoms with Gasteiger partial charge in [0.25, 0.3) is 0 Å². The Hall–Kier alpha value is -1.82. The molecule has 0 spiro atoms. The van der Waals surface area contributed by atoms with Crippen molar-refractivity contribution in [1.29, 1.82) is 0 Å². The molecule has 1 aromatic carbocycles. The van der Waals surface area contributed by atoms with Crippen molar-refractivity contribution >= 4 is 17.1 Å². The zero-order valence-electron chi connectivity index (χ0n) is 10.5. The lowest BCUT2D eigenvalue weighted by atomic mass is 10.1. The standard InChI is InChI=1S/C12H17N3O3/c1-8-10(6-7-18-8)14(2)11-5-3-4-9(13)12(11)15(16)17/h3-5,8,10H,6-7,13H2,1-2H3. The second kappa shape index (κ2) is 4.81. The van der Waals surface area contributed by atoms with E-state index in [1.165, 1.54) is 0 Å². The molecule has 2 N–H and O–H groups in total. The summed E-state index contributed by atoms with van der Waals surface area (Å²) in [5, 5.41) is 11.1. The Balaban J connectivity index is 2.38. The highest BCUT2D eigenvalue weighted by Gasteiger charge is 2.31. The number of para-hydroxylation sites is 1. The molecule has 2 atom stereocenters. The summed E-state index contributed by atoms with van der Waals surface area (Å²) < 4.78 is 5.50. The van der Waals surface area contributed by atoms with Crippen molar-refractivity contribution in [3.8, 4) is 0 Å². The predicted octanol–water partition coefficient (Wildman–Crippen LogP) is 1.79. The number of nitro benzene ring substituents is 1. The molecule has 2 rings (SSSR count). The van der Waals surface area contributed by atoms with E-state index >= 15 is 0 Å². The largest absolute Gasteiger partial charge is 0.393 e. The number of ether oxygens (including phenoxy) is 1. The van der Waals surface area contributed by atoms with Gasteiger partial charge in [-0.2, -0.15) is 0 Å². The molecule has 0 amide bonds. The lowest BCUT2D eigenvalue weighted by Crippen LogP contribution is -2.37. The first-order chi connectivity index (χ1) is 8.52. The molecule has 0 bridgehead atoms. The molecule has 6 nitrogen and oxygen atoms in total. The summed E-state index contributed by atoms with van der Waals surface area (Å²) >= 11 is 0. The highest BCUT2D eigenvalue weighted by molar-refractivity contribution is 5.75. The van der Waals surface area contributed by atoms with Gasteiger partial charge in [0.05, 0.1) is 17.1 Å². The number of nitrogen functional groups attached to an aromatic ring is 1. The number of benzene rings is 1. The number of nitrogens with two attached hydrogens (primary N) is 1. The zero-order valence-corrected chi connectivity index (χ0v) is 10.5. The van der Waals surface area contributed by atoms with E-state index in [2.05, 4.69) is 0 Å². The Morgan fingerprint density at radius 2 is 2.28 bits per heavy atom. The Morgan fingerprint density at radius 3 is 2.83 bits per heavy atom. The van der Waals surface area contributed by atoms with Crippen LogP contribution in [0, 0.1) is 10.1 Å². The Morgan fingerprint density at radius 1 is 1.56 bits per heavy atom. The van der Waals surface area contributed by atoms with Crippen LogP contribution >= 0.6 is 0 Å². The summed E-state index contributed by atoms with van der Waals surface area (Å²) in [6.07, 6.45) is 0.930. The Labute approximate surface area is 105 Å². The van der Waals surface area contributed by atoms with Gasteiger partial charge in [-0.3, -0.25) is 10.1 Å². The fraction of sp³-hybridized carbons (Fsp3) is 0.500. The van der Waals surface area contributed by atoms with Crippen LogP contribution in [-0.4, -0.2) is 30.7 Å². The highest BCUT2D eigenvalue weighted by atomic mass is 16.6. The van der Waals surface area contributed by atoms with Crippen LogP contribution in [0.4, 0.5) is 17.1 Å². The van der Waals surface area contributed by atoms with Gasteiger partial charge in [0.1, 0.15) is 11.4 Å². The van der Waals surface area contributed by atoms with Crippen LogP contribution in [0.5, 0.6) is 0 Å². The van der Waals surface area contributed by atoms with Crippen LogP contribution in [-0.2, 0) is 4.74 Å². The summed E-state index contributed by atoms with van der Waals surface area (Å²) in [5.74, 6) is 0. The summed E-state index contributed by atoms with van der Waals surface area (Å²) in [4.78, 5) is 12.6. The van der Waals surface area contributed by atoms with Crippen molar-refractivity contribution < 1.29 is 9.66 Å². The molecule has 1 fully saturated rings. The Kier molecular flexibility index (Phi) is 3.38. The van der Waals surface area contributed by atoms with Crippen molar-refractivity contribution in [1.82, 2.24) is 0 Å². The van der Waals surface area contributed by atoms with E-state index in [9.17, 15) is 10.1 Å². The average Bonchev–Trinajstić information content (AvgIpc) is 2.73. The summed E-state index contributed by atoms with van der Waals surface area (Å²) in [7, 11) is 1.84. The summed E-state index contributed by atoms with van der Waals surface area (Å²) in [5.41, 5.74) is 6.40. The van der Waals surface area contributed by atoms with Gasteiger partial charge in [0, 0.05) is 13.7 Å². The minimum atomic E-state index is -0.429. The van der Waals surface area contributed by atoms with Crippen molar-refractivity contribution in [3.63, 3.8) is 0 Å². The molecule has 1 aliphatic heterocycles. The second-order valence-electron chi connectivity index (χ2n) is 4.51. The molecule has 18 heavy (non-hydrogen) atoms. The van der Waals surface area contributed by atoms with Crippen LogP contribution in [0.1, 0.15) is 13.3 Å². The van der Waals surface area contributed by atoms with Crippen molar-refractivity contribution in [2.24, 2.45) is 0 Å². The van der Waals surface area contributed by atoms with Crippen LogP contribution in [0.15, 0.2) is 18.2 Å². The maximum Gasteiger partial charge on any atom is 0.315 e. The van der Waals surface area contributed by atoms with E-state index < -0.39 is 4.92 Å². The molecule has 1 saturated heterocycles. The monoisotopic (exact) mass is 251 g/mol. The predicted molar refractivity (Wildman–Crippen MR) is 69.7 cm³/mol. The second-order valence-corrected chi connectivity index (χ2v) is 4.51. The third-order valence-corrected chi connectivity index (χ3v) is 3.44. The maximum atomic E-state index is 11.1. The molecule has 0 radical (unpaired) electrons. The minimum Gasteiger partial charge on any atom is -0.393 e. The number of nitrogens with zero attached hydrogens (tertiary/aromatic N) is 2. The fourth-order valence-corrected chi connectivity index (χ4v) is 2.44. The van der Waals surface area contributed by atoms with E-state index in [4.69, 9.17) is 10.5 Å². The van der Waals surface area contributed by atoms with Crippen LogP contribution in [0.3, 0.4) is 0 Å². The van der Waals surface area contributed by atoms with Crippen LogP contribution in [0.2, 0.25) is 0 Å². The molecule has 98 valence electrons. The van der Waals surface area contributed by atoms with Crippen LogP contribution < -0.4 is 10.6 Å². The minimum absolute atomic E-state index is 0.0286. The molecule has 1 aromatic rings. The smallest absolute Gasteiger partial charge is 0.315 e. The van der Waals surface area contributed by atoms with Gasteiger partial charge >= 0.3 is 5.69 Å². The molecule has 2 unspecified atom stereocenters. The topological polar surface area (TPSA) is 81.6 Å². The first-order valence-electron chi connectivity index (χ1n) is 5.89. The molecule has 6 heteroatoms. The third-order valence-electron chi connectivity index (χ3n) is 3.44. The number of nitro groups is 1. The van der Waals surface area contributed by atoms with Gasteiger partial charge in [-0.25, -0.2) is 0 Å². The van der Waals surface area contributed by atoms with Crippen molar-refractivity contribution in [2.75, 3.05) is 24.3 Å². The van der Waals surface area contributed by atoms with Gasteiger partial charge in [0.2, 0.25) is 0 Å². The zero-order chi connectivity index (χ0) is 13.3. The van der Waals surface area contributed by atoms with Gasteiger partial charge in [-0.1, -0.05) is 6.07 Å². The molecule has 0 aromatic heterocycles. The van der Waals surface area contributed by atoms with E-state index in [0.717, 1.165) is 6.42 Å². The molecular weight excluding hydrogens is 234 g/mol. The van der Waals surface area contributed by atoms with E-state index in [-0.39, 0.29) is 23.5 Å². The summed E-state index contributed by atoms with van der Waals surface area (Å²) in [6.45, 7) is 2.67. The molecule has 1 heterocycles. The van der Waals surface area contributed by atoms with Gasteiger partial charge in [0.15, 0.2) is 0 Å². The van der Waals surface area contributed by atoms with E-state index in [1.807, 2.05) is 18.9 Å². The lowest BCUT2D eigenvalue weighted by Gasteiger charge is -2.28. The van der Waals surface area contributed by atoms with Gasteiger partial charge in [-0.05, 0) is 25.5 Å². The SMILES string of the molecule is CC1OCCC1N(C)c1cccc(N)c1[N+](=O)[O-]. The van der Waals surface area contributed by atoms with E-state index in [1.54, 1.807) is 18.2 Å². The average molecular weight is 251 g/mol. The highest BCUT2D eigenvalue weighted by Crippen LogP contribution is 2.35.